The van der Waals surface area contributed by atoms with Gasteiger partial charge in [-0.05, 0) is 6.92 Å². The summed E-state index contributed by atoms with van der Waals surface area (Å²) < 4.78 is 4.85. The van der Waals surface area contributed by atoms with Gasteiger partial charge in [-0.2, -0.15) is 0 Å². The zero-order valence-electron chi connectivity index (χ0n) is 13.9. The van der Waals surface area contributed by atoms with Crippen LogP contribution in [0.3, 0.4) is 0 Å². The molecule has 0 saturated carbocycles. The van der Waals surface area contributed by atoms with Gasteiger partial charge in [-0.15, -0.1) is 0 Å². The highest BCUT2D eigenvalue weighted by molar-refractivity contribution is 6.08. The first kappa shape index (κ1) is 16.6. The molecule has 4 atom stereocenters. The number of hydrogen-bond acceptors (Lipinski definition) is 5. The van der Waals surface area contributed by atoms with Crippen LogP contribution in [-0.2, 0) is 19.1 Å². The second kappa shape index (κ2) is 5.68. The van der Waals surface area contributed by atoms with Crippen LogP contribution in [0.1, 0.15) is 17.2 Å². The van der Waals surface area contributed by atoms with Crippen LogP contribution in [0.2, 0.25) is 0 Å². The average Bonchev–Trinajstić information content (AvgIpc) is 3.05. The first-order valence-electron chi connectivity index (χ1n) is 7.80. The van der Waals surface area contributed by atoms with Gasteiger partial charge in [0.25, 0.3) is 0 Å². The number of amides is 2. The van der Waals surface area contributed by atoms with Crippen molar-refractivity contribution in [1.29, 1.82) is 0 Å². The number of nitrogens with zero attached hydrogens (tertiary/aromatic N) is 1. The summed E-state index contributed by atoms with van der Waals surface area (Å²) in [6.45, 7) is 1.38. The molecule has 3 N–H and O–H groups in total. The lowest BCUT2D eigenvalue weighted by Crippen LogP contribution is -2.99. The molecule has 2 fully saturated rings. The highest BCUT2D eigenvalue weighted by atomic mass is 16.5. The number of carbonyl (C=O) groups excluding carboxylic acids is 3. The van der Waals surface area contributed by atoms with E-state index in [0.717, 1.165) is 16.0 Å². The zero-order valence-corrected chi connectivity index (χ0v) is 13.9. The first-order valence-corrected chi connectivity index (χ1v) is 7.80. The van der Waals surface area contributed by atoms with Crippen molar-refractivity contribution in [1.82, 2.24) is 4.90 Å². The van der Waals surface area contributed by atoms with Crippen molar-refractivity contribution in [2.45, 2.75) is 18.5 Å². The van der Waals surface area contributed by atoms with Gasteiger partial charge >= 0.3 is 5.97 Å². The SMILES string of the molecule is COC(=O)[C@@]1(CO)[NH2+][C@@H](c2ccc(C)cc2)[C@H]2C(=O)N(C)C(=O)[C@H]21. The minimum absolute atomic E-state index is 0.328. The van der Waals surface area contributed by atoms with Crippen molar-refractivity contribution in [3.63, 3.8) is 0 Å². The van der Waals surface area contributed by atoms with E-state index in [1.807, 2.05) is 31.2 Å². The van der Waals surface area contributed by atoms with Crippen molar-refractivity contribution in [2.75, 3.05) is 20.8 Å². The molecule has 7 nitrogen and oxygen atoms in total. The van der Waals surface area contributed by atoms with E-state index in [-0.39, 0.29) is 5.91 Å². The summed E-state index contributed by atoms with van der Waals surface area (Å²) in [6.07, 6.45) is 0. The number of benzene rings is 1. The minimum atomic E-state index is -1.49. The molecular formula is C17H21N2O5+. The predicted octanol–water partition coefficient (Wildman–Crippen LogP) is -1.25. The molecule has 24 heavy (non-hydrogen) atoms. The summed E-state index contributed by atoms with van der Waals surface area (Å²) in [5.74, 6) is -3.09. The molecule has 0 radical (unpaired) electrons. The molecule has 7 heteroatoms. The zero-order chi connectivity index (χ0) is 17.6. The molecule has 2 amide bonds. The number of likely N-dealkylation sites (tertiary alicyclic amines) is 1. The van der Waals surface area contributed by atoms with Gasteiger partial charge in [0.2, 0.25) is 17.4 Å². The van der Waals surface area contributed by atoms with Crippen molar-refractivity contribution in [2.24, 2.45) is 11.8 Å². The molecule has 0 unspecified atom stereocenters. The Morgan fingerprint density at radius 1 is 1.29 bits per heavy atom. The fourth-order valence-electron chi connectivity index (χ4n) is 3.96. The normalized spacial score (nSPS) is 32.2. The van der Waals surface area contributed by atoms with Crippen LogP contribution in [0.15, 0.2) is 24.3 Å². The summed E-state index contributed by atoms with van der Waals surface area (Å²) in [4.78, 5) is 38.7. The van der Waals surface area contributed by atoms with E-state index in [0.29, 0.717) is 0 Å². The van der Waals surface area contributed by atoms with Gasteiger partial charge < -0.3 is 15.2 Å². The average molecular weight is 333 g/mol. The van der Waals surface area contributed by atoms with Crippen LogP contribution in [0.4, 0.5) is 0 Å². The Labute approximate surface area is 139 Å². The van der Waals surface area contributed by atoms with Crippen molar-refractivity contribution < 1.29 is 29.5 Å². The third kappa shape index (κ3) is 2.08. The van der Waals surface area contributed by atoms with Gasteiger partial charge in [-0.3, -0.25) is 14.5 Å². The predicted molar refractivity (Wildman–Crippen MR) is 82.4 cm³/mol. The van der Waals surface area contributed by atoms with E-state index < -0.39 is 41.9 Å². The molecule has 2 heterocycles. The van der Waals surface area contributed by atoms with Gasteiger partial charge in [0.05, 0.1) is 7.11 Å². The summed E-state index contributed by atoms with van der Waals surface area (Å²) in [7, 11) is 2.63. The first-order chi connectivity index (χ1) is 11.4. The topological polar surface area (TPSA) is 101 Å². The molecule has 0 aliphatic carbocycles. The van der Waals surface area contributed by atoms with E-state index in [1.165, 1.54) is 14.2 Å². The molecule has 0 spiro atoms. The summed E-state index contributed by atoms with van der Waals surface area (Å²) in [5, 5.41) is 11.6. The molecular weight excluding hydrogens is 312 g/mol. The maximum atomic E-state index is 12.6. The smallest absolute Gasteiger partial charge is 0.371 e. The Kier molecular flexibility index (Phi) is 3.93. The third-order valence-corrected chi connectivity index (χ3v) is 5.28. The number of aliphatic hydroxyl groups excluding tert-OH is 1. The number of rotatable bonds is 3. The number of aliphatic hydroxyl groups is 1. The highest BCUT2D eigenvalue weighted by Crippen LogP contribution is 2.43. The van der Waals surface area contributed by atoms with E-state index in [4.69, 9.17) is 4.74 Å². The van der Waals surface area contributed by atoms with Crippen molar-refractivity contribution in [3.8, 4) is 0 Å². The molecule has 2 aliphatic rings. The van der Waals surface area contributed by atoms with Crippen molar-refractivity contribution >= 4 is 17.8 Å². The summed E-state index contributed by atoms with van der Waals surface area (Å²) >= 11 is 0. The highest BCUT2D eigenvalue weighted by Gasteiger charge is 2.72. The molecule has 3 rings (SSSR count). The second-order valence-electron chi connectivity index (χ2n) is 6.53. The second-order valence-corrected chi connectivity index (χ2v) is 6.53. The Bertz CT molecular complexity index is 701. The maximum absolute atomic E-state index is 12.6. The number of quaternary nitrogens is 1. The lowest BCUT2D eigenvalue weighted by molar-refractivity contribution is -0.735. The number of carbonyl (C=O) groups is 3. The molecule has 0 aromatic heterocycles. The van der Waals surface area contributed by atoms with Gasteiger partial charge in [0.1, 0.15) is 24.5 Å². The molecule has 2 saturated heterocycles. The van der Waals surface area contributed by atoms with Crippen LogP contribution in [0.5, 0.6) is 0 Å². The minimum Gasteiger partial charge on any atom is -0.464 e. The lowest BCUT2D eigenvalue weighted by Gasteiger charge is -2.26. The number of hydrogen-bond donors (Lipinski definition) is 2. The monoisotopic (exact) mass is 333 g/mol. The van der Waals surface area contributed by atoms with Crippen LogP contribution < -0.4 is 5.32 Å². The molecule has 1 aromatic carbocycles. The Balaban J connectivity index is 2.12. The van der Waals surface area contributed by atoms with Gasteiger partial charge in [0, 0.05) is 12.6 Å². The number of methoxy groups -OCH3 is 1. The number of ether oxygens (including phenoxy) is 1. The Morgan fingerprint density at radius 2 is 1.92 bits per heavy atom. The van der Waals surface area contributed by atoms with E-state index in [2.05, 4.69) is 0 Å². The van der Waals surface area contributed by atoms with E-state index >= 15 is 0 Å². The Morgan fingerprint density at radius 3 is 2.46 bits per heavy atom. The Hall–Kier alpha value is -2.25. The number of imide groups is 1. The van der Waals surface area contributed by atoms with Crippen LogP contribution in [0, 0.1) is 18.8 Å². The van der Waals surface area contributed by atoms with Crippen LogP contribution >= 0.6 is 0 Å². The lowest BCUT2D eigenvalue weighted by atomic mass is 9.79. The molecule has 128 valence electrons. The number of esters is 1. The quantitative estimate of drug-likeness (QED) is 0.532. The fourth-order valence-corrected chi connectivity index (χ4v) is 3.96. The maximum Gasteiger partial charge on any atom is 0.371 e. The van der Waals surface area contributed by atoms with Crippen LogP contribution in [0.25, 0.3) is 0 Å². The van der Waals surface area contributed by atoms with Gasteiger partial charge in [0.15, 0.2) is 0 Å². The number of fused-ring (bicyclic) bond motifs is 1. The largest absolute Gasteiger partial charge is 0.464 e. The third-order valence-electron chi connectivity index (χ3n) is 5.28. The van der Waals surface area contributed by atoms with E-state index in [1.54, 1.807) is 5.32 Å². The van der Waals surface area contributed by atoms with Crippen LogP contribution in [-0.4, -0.2) is 54.1 Å². The number of nitrogens with two attached hydrogens (primary N) is 1. The molecule has 1 aromatic rings. The standard InChI is InChI=1S/C17H20N2O5/c1-9-4-6-10(7-5-9)13-11-12(15(22)19(2)14(11)21)17(8-20,18-13)16(23)24-3/h4-7,11-13,18,20H,8H2,1-3H3/p+1/t11-,12-,13-,17-/m0/s1. The fraction of sp³-hybridized carbons (Fsp3) is 0.471. The molecule has 2 aliphatic heterocycles. The number of aryl methyl sites for hydroxylation is 1. The van der Waals surface area contributed by atoms with Gasteiger partial charge in [-0.25, -0.2) is 4.79 Å². The van der Waals surface area contributed by atoms with Gasteiger partial charge in [-0.1, -0.05) is 29.8 Å². The van der Waals surface area contributed by atoms with E-state index in [9.17, 15) is 19.5 Å². The molecule has 0 bridgehead atoms. The summed E-state index contributed by atoms with van der Waals surface area (Å²) in [5.41, 5.74) is 0.416. The summed E-state index contributed by atoms with van der Waals surface area (Å²) in [6, 6.07) is 7.17. The van der Waals surface area contributed by atoms with Crippen molar-refractivity contribution in [3.05, 3.63) is 35.4 Å².